The minimum absolute atomic E-state index is 0.0690. The summed E-state index contributed by atoms with van der Waals surface area (Å²) in [5.41, 5.74) is 0.806. The first-order valence-electron chi connectivity index (χ1n) is 6.96. The lowest BCUT2D eigenvalue weighted by Crippen LogP contribution is -2.44. The van der Waals surface area contributed by atoms with Crippen molar-refractivity contribution < 1.29 is 28.7 Å². The molecule has 1 aromatic carbocycles. The van der Waals surface area contributed by atoms with E-state index in [1.807, 2.05) is 18.2 Å². The van der Waals surface area contributed by atoms with E-state index in [0.717, 1.165) is 17.6 Å². The Hall–Kier alpha value is -2.70. The van der Waals surface area contributed by atoms with Gasteiger partial charge in [-0.1, -0.05) is 30.3 Å². The minimum atomic E-state index is -1.13. The second-order valence-corrected chi connectivity index (χ2v) is 4.76. The van der Waals surface area contributed by atoms with Crippen molar-refractivity contribution in [3.8, 4) is 0 Å². The number of amides is 1. The fraction of sp³-hybridized carbons (Fsp3) is 0.375. The van der Waals surface area contributed by atoms with Crippen LogP contribution in [-0.2, 0) is 35.3 Å². The van der Waals surface area contributed by atoms with Gasteiger partial charge in [-0.15, -0.1) is 0 Å². The quantitative estimate of drug-likeness (QED) is 0.398. The van der Waals surface area contributed by atoms with Crippen LogP contribution < -0.4 is 0 Å². The summed E-state index contributed by atoms with van der Waals surface area (Å²) < 4.78 is 9.69. The van der Waals surface area contributed by atoms with Gasteiger partial charge < -0.3 is 19.2 Å². The fourth-order valence-electron chi connectivity index (χ4n) is 1.86. The maximum absolute atomic E-state index is 11.9. The zero-order valence-corrected chi connectivity index (χ0v) is 13.1. The Balaban J connectivity index is 2.65. The molecule has 0 unspecified atom stereocenters. The number of methoxy groups -OCH3 is 1. The van der Waals surface area contributed by atoms with Crippen LogP contribution in [0, 0.1) is 0 Å². The highest BCUT2D eigenvalue weighted by Crippen LogP contribution is 2.09. The zero-order valence-electron chi connectivity index (χ0n) is 13.1. The van der Waals surface area contributed by atoms with Gasteiger partial charge in [-0.3, -0.25) is 9.59 Å². The molecular formula is C16H19NO6. The largest absolute Gasteiger partial charge is 0.467 e. The van der Waals surface area contributed by atoms with E-state index < -0.39 is 23.9 Å². The summed E-state index contributed by atoms with van der Waals surface area (Å²) in [5, 5.41) is 0. The standard InChI is InChI=1S/C16H19NO6/c1-17(14(19)8-9-18)13(16(21)22-2)10-15(20)23-11-12-6-4-3-5-7-12/h3-7,9,13H,8,10-11H2,1-2H3/t13-/m1/s1. The van der Waals surface area contributed by atoms with Gasteiger partial charge in [0, 0.05) is 7.05 Å². The molecule has 0 fully saturated rings. The first-order valence-corrected chi connectivity index (χ1v) is 6.96. The molecule has 1 aromatic rings. The van der Waals surface area contributed by atoms with E-state index in [9.17, 15) is 19.2 Å². The Bertz CT molecular complexity index is 557. The summed E-state index contributed by atoms with van der Waals surface area (Å²) in [6.07, 6.45) is -0.287. The molecule has 0 N–H and O–H groups in total. The third-order valence-corrected chi connectivity index (χ3v) is 3.19. The molecule has 1 atom stereocenters. The number of likely N-dealkylation sites (N-methyl/N-ethyl adjacent to an activating group) is 1. The van der Waals surface area contributed by atoms with E-state index in [2.05, 4.69) is 4.74 Å². The molecule has 0 spiro atoms. The number of carbonyl (C=O) groups is 4. The van der Waals surface area contributed by atoms with Crippen LogP contribution in [0.3, 0.4) is 0 Å². The van der Waals surface area contributed by atoms with Crippen molar-refractivity contribution in [2.45, 2.75) is 25.5 Å². The molecule has 0 bridgehead atoms. The number of benzene rings is 1. The number of nitrogens with zero attached hydrogens (tertiary/aromatic N) is 1. The molecule has 0 aliphatic carbocycles. The predicted octanol–water partition coefficient (Wildman–Crippen LogP) is 0.709. The molecule has 0 saturated carbocycles. The summed E-state index contributed by atoms with van der Waals surface area (Å²) in [6.45, 7) is 0.0690. The number of esters is 2. The number of ether oxygens (including phenoxy) is 2. The van der Waals surface area contributed by atoms with Gasteiger partial charge in [-0.2, -0.15) is 0 Å². The molecule has 7 nitrogen and oxygen atoms in total. The minimum Gasteiger partial charge on any atom is -0.467 e. The van der Waals surface area contributed by atoms with Crippen molar-refractivity contribution in [3.05, 3.63) is 35.9 Å². The lowest BCUT2D eigenvalue weighted by atomic mass is 10.1. The summed E-state index contributed by atoms with van der Waals surface area (Å²) in [5.74, 6) is -1.97. The average Bonchev–Trinajstić information content (AvgIpc) is 2.57. The zero-order chi connectivity index (χ0) is 17.2. The van der Waals surface area contributed by atoms with E-state index in [4.69, 9.17) is 4.74 Å². The van der Waals surface area contributed by atoms with Gasteiger partial charge in [0.25, 0.3) is 0 Å². The van der Waals surface area contributed by atoms with E-state index in [1.165, 1.54) is 7.05 Å². The molecule has 7 heteroatoms. The van der Waals surface area contributed by atoms with E-state index in [-0.39, 0.29) is 19.4 Å². The molecule has 0 radical (unpaired) electrons. The van der Waals surface area contributed by atoms with Gasteiger partial charge in [-0.25, -0.2) is 4.79 Å². The normalized spacial score (nSPS) is 11.2. The van der Waals surface area contributed by atoms with Gasteiger partial charge in [0.15, 0.2) is 0 Å². The van der Waals surface area contributed by atoms with Crippen molar-refractivity contribution in [1.82, 2.24) is 4.90 Å². The molecule has 124 valence electrons. The topological polar surface area (TPSA) is 90.0 Å². The molecule has 0 saturated heterocycles. The van der Waals surface area contributed by atoms with E-state index >= 15 is 0 Å². The first-order chi connectivity index (χ1) is 11.0. The lowest BCUT2D eigenvalue weighted by molar-refractivity contribution is -0.158. The van der Waals surface area contributed by atoms with Crippen molar-refractivity contribution in [1.29, 1.82) is 0 Å². The Morgan fingerprint density at radius 2 is 1.87 bits per heavy atom. The van der Waals surface area contributed by atoms with Gasteiger partial charge in [0.2, 0.25) is 5.91 Å². The summed E-state index contributed by atoms with van der Waals surface area (Å²) in [6, 6.07) is 7.93. The Morgan fingerprint density at radius 1 is 1.22 bits per heavy atom. The monoisotopic (exact) mass is 321 g/mol. The molecule has 23 heavy (non-hydrogen) atoms. The van der Waals surface area contributed by atoms with Crippen molar-refractivity contribution >= 4 is 24.1 Å². The molecule has 0 heterocycles. The van der Waals surface area contributed by atoms with E-state index in [1.54, 1.807) is 12.1 Å². The SMILES string of the molecule is COC(=O)[C@@H](CC(=O)OCc1ccccc1)N(C)C(=O)CC=O. The number of hydrogen-bond acceptors (Lipinski definition) is 6. The number of hydrogen-bond donors (Lipinski definition) is 0. The van der Waals surface area contributed by atoms with E-state index in [0.29, 0.717) is 6.29 Å². The van der Waals surface area contributed by atoms with Crippen molar-refractivity contribution in [2.75, 3.05) is 14.2 Å². The Morgan fingerprint density at radius 3 is 2.43 bits per heavy atom. The van der Waals surface area contributed by atoms with Crippen LogP contribution in [0.1, 0.15) is 18.4 Å². The second kappa shape index (κ2) is 9.34. The number of rotatable bonds is 8. The second-order valence-electron chi connectivity index (χ2n) is 4.76. The third kappa shape index (κ3) is 5.90. The third-order valence-electron chi connectivity index (χ3n) is 3.19. The van der Waals surface area contributed by atoms with Crippen LogP contribution in [0.4, 0.5) is 0 Å². The summed E-state index contributed by atoms with van der Waals surface area (Å²) in [4.78, 5) is 46.8. The van der Waals surface area contributed by atoms with Gasteiger partial charge in [0.05, 0.1) is 20.0 Å². The molecule has 0 aromatic heterocycles. The number of aldehydes is 1. The Labute approximate surface area is 134 Å². The summed E-state index contributed by atoms with van der Waals surface area (Å²) >= 11 is 0. The van der Waals surface area contributed by atoms with Crippen LogP contribution in [-0.4, -0.2) is 49.2 Å². The van der Waals surface area contributed by atoms with Gasteiger partial charge in [0.1, 0.15) is 18.9 Å². The van der Waals surface area contributed by atoms with Crippen LogP contribution >= 0.6 is 0 Å². The fourth-order valence-corrected chi connectivity index (χ4v) is 1.86. The predicted molar refractivity (Wildman–Crippen MR) is 80.1 cm³/mol. The highest BCUT2D eigenvalue weighted by Gasteiger charge is 2.30. The van der Waals surface area contributed by atoms with Crippen LogP contribution in [0.2, 0.25) is 0 Å². The highest BCUT2D eigenvalue weighted by molar-refractivity contribution is 5.92. The molecule has 0 aliphatic rings. The van der Waals surface area contributed by atoms with Crippen LogP contribution in [0.25, 0.3) is 0 Å². The highest BCUT2D eigenvalue weighted by atomic mass is 16.5. The first kappa shape index (κ1) is 18.3. The Kier molecular flexibility index (Phi) is 7.45. The smallest absolute Gasteiger partial charge is 0.329 e. The lowest BCUT2D eigenvalue weighted by Gasteiger charge is -2.24. The molecule has 0 aliphatic heterocycles. The average molecular weight is 321 g/mol. The summed E-state index contributed by atoms with van der Waals surface area (Å²) in [7, 11) is 2.49. The van der Waals surface area contributed by atoms with Crippen molar-refractivity contribution in [2.24, 2.45) is 0 Å². The maximum Gasteiger partial charge on any atom is 0.329 e. The molecule has 1 amide bonds. The molecular weight excluding hydrogens is 302 g/mol. The molecule has 1 rings (SSSR count). The van der Waals surface area contributed by atoms with Crippen LogP contribution in [0.5, 0.6) is 0 Å². The van der Waals surface area contributed by atoms with Crippen molar-refractivity contribution in [3.63, 3.8) is 0 Å². The number of carbonyl (C=O) groups excluding carboxylic acids is 4. The van der Waals surface area contributed by atoms with Crippen LogP contribution in [0.15, 0.2) is 30.3 Å². The van der Waals surface area contributed by atoms with Gasteiger partial charge >= 0.3 is 11.9 Å². The van der Waals surface area contributed by atoms with Gasteiger partial charge in [-0.05, 0) is 5.56 Å². The maximum atomic E-state index is 11.9.